The molecule has 1 N–H and O–H groups in total. The minimum Gasteiger partial charge on any atom is -0.495 e. The van der Waals surface area contributed by atoms with E-state index in [1.54, 1.807) is 7.11 Å². The molecule has 0 bridgehead atoms. The lowest BCUT2D eigenvalue weighted by Crippen LogP contribution is -2.16. The fraction of sp³-hybridized carbons (Fsp3) is 0.533. The highest BCUT2D eigenvalue weighted by atomic mass is 16.5. The van der Waals surface area contributed by atoms with Crippen molar-refractivity contribution in [3.8, 4) is 5.75 Å². The topological polar surface area (TPSA) is 38.3 Å². The van der Waals surface area contributed by atoms with Crippen molar-refractivity contribution in [1.29, 1.82) is 0 Å². The zero-order valence-electron chi connectivity index (χ0n) is 11.5. The SMILES string of the molecule is COc1ccc(C(C)(C)C)cc1NC(=O)C1CC1. The smallest absolute Gasteiger partial charge is 0.227 e. The summed E-state index contributed by atoms with van der Waals surface area (Å²) in [6.07, 6.45) is 2.01. The fourth-order valence-electron chi connectivity index (χ4n) is 1.85. The van der Waals surface area contributed by atoms with Crippen LogP contribution in [0, 0.1) is 5.92 Å². The third-order valence-corrected chi connectivity index (χ3v) is 3.27. The summed E-state index contributed by atoms with van der Waals surface area (Å²) in [6.45, 7) is 6.46. The number of anilines is 1. The normalized spacial score (nSPS) is 15.3. The number of rotatable bonds is 3. The first-order chi connectivity index (χ1) is 8.41. The minimum absolute atomic E-state index is 0.0608. The number of carbonyl (C=O) groups is 1. The van der Waals surface area contributed by atoms with Crippen molar-refractivity contribution in [1.82, 2.24) is 0 Å². The molecule has 2 rings (SSSR count). The molecule has 3 nitrogen and oxygen atoms in total. The molecule has 0 radical (unpaired) electrons. The monoisotopic (exact) mass is 247 g/mol. The first-order valence-corrected chi connectivity index (χ1v) is 6.41. The summed E-state index contributed by atoms with van der Waals surface area (Å²) in [5, 5.41) is 2.97. The Labute approximate surface area is 109 Å². The molecule has 98 valence electrons. The fourth-order valence-corrected chi connectivity index (χ4v) is 1.85. The van der Waals surface area contributed by atoms with Crippen LogP contribution < -0.4 is 10.1 Å². The van der Waals surface area contributed by atoms with Crippen LogP contribution in [0.2, 0.25) is 0 Å². The molecule has 0 saturated heterocycles. The van der Waals surface area contributed by atoms with Gasteiger partial charge in [0.25, 0.3) is 0 Å². The molecule has 0 aromatic heterocycles. The van der Waals surface area contributed by atoms with Crippen LogP contribution in [0.5, 0.6) is 5.75 Å². The van der Waals surface area contributed by atoms with Crippen LogP contribution in [0.15, 0.2) is 18.2 Å². The van der Waals surface area contributed by atoms with Gasteiger partial charge in [0.2, 0.25) is 5.91 Å². The number of benzene rings is 1. The Morgan fingerprint density at radius 2 is 2.00 bits per heavy atom. The third kappa shape index (κ3) is 2.84. The van der Waals surface area contributed by atoms with Crippen molar-refractivity contribution in [2.45, 2.75) is 39.0 Å². The van der Waals surface area contributed by atoms with Crippen LogP contribution in [0.3, 0.4) is 0 Å². The van der Waals surface area contributed by atoms with Gasteiger partial charge < -0.3 is 10.1 Å². The van der Waals surface area contributed by atoms with Crippen LogP contribution in [-0.4, -0.2) is 13.0 Å². The molecule has 0 spiro atoms. The Morgan fingerprint density at radius 1 is 1.33 bits per heavy atom. The lowest BCUT2D eigenvalue weighted by Gasteiger charge is -2.21. The van der Waals surface area contributed by atoms with E-state index in [0.717, 1.165) is 24.3 Å². The van der Waals surface area contributed by atoms with Gasteiger partial charge in [0.15, 0.2) is 0 Å². The van der Waals surface area contributed by atoms with E-state index in [-0.39, 0.29) is 17.2 Å². The molecular weight excluding hydrogens is 226 g/mol. The zero-order valence-corrected chi connectivity index (χ0v) is 11.5. The van der Waals surface area contributed by atoms with Gasteiger partial charge in [0.1, 0.15) is 5.75 Å². The molecule has 1 saturated carbocycles. The molecule has 1 fully saturated rings. The zero-order chi connectivity index (χ0) is 13.3. The van der Waals surface area contributed by atoms with Gasteiger partial charge in [-0.25, -0.2) is 0 Å². The van der Waals surface area contributed by atoms with E-state index in [1.165, 1.54) is 5.56 Å². The lowest BCUT2D eigenvalue weighted by atomic mass is 9.87. The summed E-state index contributed by atoms with van der Waals surface area (Å²) >= 11 is 0. The highest BCUT2D eigenvalue weighted by molar-refractivity contribution is 5.95. The van der Waals surface area contributed by atoms with Crippen molar-refractivity contribution < 1.29 is 9.53 Å². The van der Waals surface area contributed by atoms with Gasteiger partial charge in [-0.1, -0.05) is 26.8 Å². The van der Waals surface area contributed by atoms with Gasteiger partial charge in [-0.05, 0) is 36.0 Å². The maximum atomic E-state index is 11.8. The molecule has 0 aliphatic heterocycles. The van der Waals surface area contributed by atoms with Crippen molar-refractivity contribution in [3.05, 3.63) is 23.8 Å². The minimum atomic E-state index is 0.0608. The highest BCUT2D eigenvalue weighted by Crippen LogP contribution is 2.34. The molecule has 1 aliphatic rings. The average molecular weight is 247 g/mol. The Kier molecular flexibility index (Phi) is 3.33. The van der Waals surface area contributed by atoms with Crippen molar-refractivity contribution in [3.63, 3.8) is 0 Å². The van der Waals surface area contributed by atoms with E-state index in [4.69, 9.17) is 4.74 Å². The maximum absolute atomic E-state index is 11.8. The van der Waals surface area contributed by atoms with E-state index in [0.29, 0.717) is 0 Å². The van der Waals surface area contributed by atoms with Gasteiger partial charge in [-0.3, -0.25) is 4.79 Å². The number of ether oxygens (including phenoxy) is 1. The summed E-state index contributed by atoms with van der Waals surface area (Å²) in [7, 11) is 1.62. The molecule has 1 aromatic carbocycles. The van der Waals surface area contributed by atoms with E-state index in [9.17, 15) is 4.79 Å². The molecule has 0 atom stereocenters. The second kappa shape index (κ2) is 4.63. The van der Waals surface area contributed by atoms with Crippen LogP contribution >= 0.6 is 0 Å². The van der Waals surface area contributed by atoms with Crippen LogP contribution in [0.4, 0.5) is 5.69 Å². The van der Waals surface area contributed by atoms with Gasteiger partial charge in [0.05, 0.1) is 12.8 Å². The van der Waals surface area contributed by atoms with Gasteiger partial charge >= 0.3 is 0 Å². The number of amides is 1. The quantitative estimate of drug-likeness (QED) is 0.889. The molecule has 3 heteroatoms. The average Bonchev–Trinajstić information content (AvgIpc) is 3.11. The number of carbonyl (C=O) groups excluding carboxylic acids is 1. The first-order valence-electron chi connectivity index (χ1n) is 6.41. The lowest BCUT2D eigenvalue weighted by molar-refractivity contribution is -0.117. The predicted molar refractivity (Wildman–Crippen MR) is 73.0 cm³/mol. The van der Waals surface area contributed by atoms with Crippen molar-refractivity contribution >= 4 is 11.6 Å². The van der Waals surface area contributed by atoms with Crippen LogP contribution in [0.1, 0.15) is 39.2 Å². The number of hydrogen-bond acceptors (Lipinski definition) is 2. The second-order valence-electron chi connectivity index (χ2n) is 5.93. The Hall–Kier alpha value is -1.51. The van der Waals surface area contributed by atoms with Gasteiger partial charge in [-0.2, -0.15) is 0 Å². The maximum Gasteiger partial charge on any atom is 0.227 e. The van der Waals surface area contributed by atoms with E-state index >= 15 is 0 Å². The summed E-state index contributed by atoms with van der Waals surface area (Å²) < 4.78 is 5.30. The molecule has 1 aliphatic carbocycles. The van der Waals surface area contributed by atoms with E-state index in [2.05, 4.69) is 26.1 Å². The summed E-state index contributed by atoms with van der Waals surface area (Å²) in [5.74, 6) is 1.03. The first kappa shape index (κ1) is 12.9. The molecule has 1 aromatic rings. The molecular formula is C15H21NO2. The van der Waals surface area contributed by atoms with Crippen LogP contribution in [-0.2, 0) is 10.2 Å². The predicted octanol–water partition coefficient (Wildman–Crippen LogP) is 3.34. The van der Waals surface area contributed by atoms with Crippen molar-refractivity contribution in [2.75, 3.05) is 12.4 Å². The van der Waals surface area contributed by atoms with Gasteiger partial charge in [-0.15, -0.1) is 0 Å². The Bertz CT molecular complexity index is 456. The Balaban J connectivity index is 2.27. The number of nitrogens with one attached hydrogen (secondary N) is 1. The molecule has 18 heavy (non-hydrogen) atoms. The summed E-state index contributed by atoms with van der Waals surface area (Å²) in [4.78, 5) is 11.8. The standard InChI is InChI=1S/C15H21NO2/c1-15(2,3)11-7-8-13(18-4)12(9-11)16-14(17)10-5-6-10/h7-10H,5-6H2,1-4H3,(H,16,17). The summed E-state index contributed by atoms with van der Waals surface area (Å²) in [5.41, 5.74) is 2.03. The number of methoxy groups -OCH3 is 1. The van der Waals surface area contributed by atoms with Gasteiger partial charge in [0, 0.05) is 5.92 Å². The van der Waals surface area contributed by atoms with E-state index < -0.39 is 0 Å². The second-order valence-corrected chi connectivity index (χ2v) is 5.93. The van der Waals surface area contributed by atoms with Crippen LogP contribution in [0.25, 0.3) is 0 Å². The molecule has 0 unspecified atom stereocenters. The largest absolute Gasteiger partial charge is 0.495 e. The van der Waals surface area contributed by atoms with Crippen molar-refractivity contribution in [2.24, 2.45) is 5.92 Å². The number of hydrogen-bond donors (Lipinski definition) is 1. The highest BCUT2D eigenvalue weighted by Gasteiger charge is 2.30. The third-order valence-electron chi connectivity index (χ3n) is 3.27. The molecule has 0 heterocycles. The summed E-state index contributed by atoms with van der Waals surface area (Å²) in [6, 6.07) is 5.98. The van der Waals surface area contributed by atoms with E-state index in [1.807, 2.05) is 18.2 Å². The molecule has 1 amide bonds. The Morgan fingerprint density at radius 3 is 2.50 bits per heavy atom.